The van der Waals surface area contributed by atoms with Crippen molar-refractivity contribution in [2.24, 2.45) is 23.2 Å². The molecular formula is C37H66O3Si2. The van der Waals surface area contributed by atoms with Gasteiger partial charge in [-0.2, -0.15) is 0 Å². The van der Waals surface area contributed by atoms with E-state index >= 15 is 0 Å². The van der Waals surface area contributed by atoms with E-state index in [0.717, 1.165) is 18.4 Å². The Morgan fingerprint density at radius 1 is 1.00 bits per heavy atom. The van der Waals surface area contributed by atoms with Gasteiger partial charge < -0.3 is 14.0 Å². The van der Waals surface area contributed by atoms with E-state index in [0.29, 0.717) is 24.2 Å². The second kappa shape index (κ2) is 12.9. The van der Waals surface area contributed by atoms with E-state index in [1.54, 1.807) is 5.57 Å². The zero-order chi connectivity index (χ0) is 31.9. The third-order valence-electron chi connectivity index (χ3n) is 12.4. The molecule has 3 rings (SSSR count). The van der Waals surface area contributed by atoms with E-state index in [1.165, 1.54) is 37.7 Å². The summed E-state index contributed by atoms with van der Waals surface area (Å²) in [6.45, 7) is 36.7. The molecule has 0 radical (unpaired) electrons. The Morgan fingerprint density at radius 2 is 1.60 bits per heavy atom. The van der Waals surface area contributed by atoms with Crippen LogP contribution < -0.4 is 0 Å². The van der Waals surface area contributed by atoms with Crippen molar-refractivity contribution in [1.82, 2.24) is 0 Å². The van der Waals surface area contributed by atoms with Gasteiger partial charge in [0.1, 0.15) is 0 Å². The van der Waals surface area contributed by atoms with Gasteiger partial charge in [-0.05, 0) is 116 Å². The summed E-state index contributed by atoms with van der Waals surface area (Å²) >= 11 is 0. The van der Waals surface area contributed by atoms with Gasteiger partial charge in [0.15, 0.2) is 16.6 Å². The monoisotopic (exact) mass is 614 g/mol. The van der Waals surface area contributed by atoms with Crippen LogP contribution >= 0.6 is 0 Å². The first-order chi connectivity index (χ1) is 19.1. The van der Waals surface area contributed by atoms with E-state index in [4.69, 9.17) is 8.85 Å². The second-order valence-corrected chi connectivity index (χ2v) is 26.8. The largest absolute Gasteiger partial charge is 0.413 e. The lowest BCUT2D eigenvalue weighted by Crippen LogP contribution is -2.49. The third-order valence-corrected chi connectivity index (χ3v) is 21.4. The minimum Gasteiger partial charge on any atom is -0.413 e. The molecule has 0 heterocycles. The Balaban J connectivity index is 1.92. The average molecular weight is 615 g/mol. The standard InChI is InChI=1S/C37H66O3Si2/c1-15-17-33(38)27(3)31-21-22-32-28(18-16-23-37(31,32)10)19-20-29-24-30(39-41(11,12)35(4,5)6)25-34(26(29)2)40-42(13,14)36(7,8)9/h15,19-20,27,30-34,38H,1-2,16-18,21-25H2,3-14H3/t27-,30-,31?,32?,33?,34+,37-/m1/s1. The van der Waals surface area contributed by atoms with E-state index in [9.17, 15) is 5.11 Å². The summed E-state index contributed by atoms with van der Waals surface area (Å²) in [5.74, 6) is 1.46. The highest BCUT2D eigenvalue weighted by Gasteiger charge is 2.51. The first-order valence-electron chi connectivity index (χ1n) is 16.9. The Bertz CT molecular complexity index is 1040. The van der Waals surface area contributed by atoms with Crippen molar-refractivity contribution < 1.29 is 14.0 Å². The van der Waals surface area contributed by atoms with E-state index < -0.39 is 16.6 Å². The van der Waals surface area contributed by atoms with Crippen molar-refractivity contribution in [3.8, 4) is 0 Å². The summed E-state index contributed by atoms with van der Waals surface area (Å²) in [5.41, 5.74) is 4.34. The number of hydrogen-bond acceptors (Lipinski definition) is 3. The fraction of sp³-hybridized carbons (Fsp3) is 0.784. The summed E-state index contributed by atoms with van der Waals surface area (Å²) in [6, 6.07) is 0. The van der Waals surface area contributed by atoms with Gasteiger partial charge >= 0.3 is 0 Å². The zero-order valence-corrected chi connectivity index (χ0v) is 31.5. The van der Waals surface area contributed by atoms with Gasteiger partial charge in [0.2, 0.25) is 0 Å². The minimum atomic E-state index is -1.98. The Morgan fingerprint density at radius 3 is 2.17 bits per heavy atom. The SMILES string of the molecule is C=CCC(O)[C@H](C)C1CCC2C(=CC=C3C[C@@H](O[Si](C)(C)C(C)(C)C)C[C@H](O[Si](C)(C)C(C)(C)C)C3=C)CCC[C@@]21C. The molecule has 3 saturated carbocycles. The molecule has 240 valence electrons. The molecule has 0 aromatic carbocycles. The molecule has 3 nitrogen and oxygen atoms in total. The molecule has 0 aromatic rings. The van der Waals surface area contributed by atoms with Crippen molar-refractivity contribution in [2.45, 2.75) is 161 Å². The number of aliphatic hydroxyl groups excluding tert-OH is 1. The predicted molar refractivity (Wildman–Crippen MR) is 187 cm³/mol. The topological polar surface area (TPSA) is 38.7 Å². The van der Waals surface area contributed by atoms with Crippen LogP contribution in [0.4, 0.5) is 0 Å². The molecule has 3 unspecified atom stereocenters. The smallest absolute Gasteiger partial charge is 0.192 e. The summed E-state index contributed by atoms with van der Waals surface area (Å²) < 4.78 is 14.1. The van der Waals surface area contributed by atoms with Crippen LogP contribution in [0.15, 0.2) is 48.1 Å². The van der Waals surface area contributed by atoms with Gasteiger partial charge in [0, 0.05) is 6.42 Å². The summed E-state index contributed by atoms with van der Waals surface area (Å²) in [6.07, 6.45) is 15.2. The van der Waals surface area contributed by atoms with Crippen LogP contribution in [0.1, 0.15) is 107 Å². The third kappa shape index (κ3) is 7.55. The Hall–Kier alpha value is -0.726. The summed E-state index contributed by atoms with van der Waals surface area (Å²) in [4.78, 5) is 0. The first kappa shape index (κ1) is 35.7. The molecule has 0 aliphatic heterocycles. The molecule has 5 heteroatoms. The minimum absolute atomic E-state index is 0.0127. The Kier molecular flexibility index (Phi) is 11.0. The highest BCUT2D eigenvalue weighted by molar-refractivity contribution is 6.74. The molecule has 0 aromatic heterocycles. The van der Waals surface area contributed by atoms with Crippen LogP contribution in [0, 0.1) is 23.2 Å². The van der Waals surface area contributed by atoms with Gasteiger partial charge in [-0.1, -0.05) is 85.8 Å². The average Bonchev–Trinajstić information content (AvgIpc) is 3.20. The molecule has 0 bridgehead atoms. The Labute approximate surface area is 262 Å². The molecule has 42 heavy (non-hydrogen) atoms. The maximum Gasteiger partial charge on any atom is 0.192 e. The lowest BCUT2D eigenvalue weighted by molar-refractivity contribution is 0.0225. The van der Waals surface area contributed by atoms with Gasteiger partial charge in [-0.3, -0.25) is 0 Å². The number of rotatable bonds is 9. The van der Waals surface area contributed by atoms with Crippen LogP contribution in [0.25, 0.3) is 0 Å². The van der Waals surface area contributed by atoms with Crippen LogP contribution in [0.2, 0.25) is 36.3 Å². The van der Waals surface area contributed by atoms with Crippen molar-refractivity contribution >= 4 is 16.6 Å². The van der Waals surface area contributed by atoms with E-state index in [-0.39, 0.29) is 33.8 Å². The van der Waals surface area contributed by atoms with E-state index in [2.05, 4.69) is 107 Å². The van der Waals surface area contributed by atoms with Crippen LogP contribution in [0.3, 0.4) is 0 Å². The molecule has 0 spiro atoms. The highest BCUT2D eigenvalue weighted by atomic mass is 28.4. The number of allylic oxidation sites excluding steroid dienone is 3. The number of aliphatic hydroxyl groups is 1. The van der Waals surface area contributed by atoms with Crippen LogP contribution in [0.5, 0.6) is 0 Å². The maximum absolute atomic E-state index is 10.8. The maximum atomic E-state index is 10.8. The van der Waals surface area contributed by atoms with Crippen molar-refractivity contribution in [2.75, 3.05) is 0 Å². The molecule has 3 aliphatic carbocycles. The van der Waals surface area contributed by atoms with Gasteiger partial charge in [-0.25, -0.2) is 0 Å². The fourth-order valence-corrected chi connectivity index (χ4v) is 10.2. The lowest BCUT2D eigenvalue weighted by atomic mass is 9.60. The van der Waals surface area contributed by atoms with Gasteiger partial charge in [0.05, 0.1) is 18.3 Å². The number of hydrogen-bond donors (Lipinski definition) is 1. The molecule has 0 amide bonds. The van der Waals surface area contributed by atoms with Crippen molar-refractivity contribution in [3.05, 3.63) is 48.1 Å². The van der Waals surface area contributed by atoms with Crippen molar-refractivity contribution in [1.29, 1.82) is 0 Å². The fourth-order valence-electron chi connectivity index (χ4n) is 7.56. The highest BCUT2D eigenvalue weighted by Crippen LogP contribution is 2.60. The molecule has 3 aliphatic rings. The normalized spacial score (nSPS) is 33.1. The second-order valence-electron chi connectivity index (χ2n) is 17.3. The molecule has 0 saturated heterocycles. The van der Waals surface area contributed by atoms with Gasteiger partial charge in [0.25, 0.3) is 0 Å². The van der Waals surface area contributed by atoms with Gasteiger partial charge in [-0.15, -0.1) is 6.58 Å². The quantitative estimate of drug-likeness (QED) is 0.207. The predicted octanol–water partition coefficient (Wildman–Crippen LogP) is 10.8. The van der Waals surface area contributed by atoms with Crippen molar-refractivity contribution in [3.63, 3.8) is 0 Å². The molecule has 7 atom stereocenters. The first-order valence-corrected chi connectivity index (χ1v) is 22.7. The van der Waals surface area contributed by atoms with Crippen LogP contribution in [-0.4, -0.2) is 40.1 Å². The zero-order valence-electron chi connectivity index (χ0n) is 29.5. The molecule has 3 fully saturated rings. The molecular weight excluding hydrogens is 549 g/mol. The summed E-state index contributed by atoms with van der Waals surface area (Å²) in [7, 11) is -3.91. The lowest BCUT2D eigenvalue weighted by Gasteiger charge is -2.46. The summed E-state index contributed by atoms with van der Waals surface area (Å²) in [5, 5.41) is 11.2. The number of fused-ring (bicyclic) bond motifs is 1. The van der Waals surface area contributed by atoms with E-state index in [1.807, 2.05) is 6.08 Å². The molecule has 1 N–H and O–H groups in total. The van der Waals surface area contributed by atoms with Crippen LogP contribution in [-0.2, 0) is 8.85 Å².